The van der Waals surface area contributed by atoms with Gasteiger partial charge in [0, 0.05) is 6.54 Å². The molecular formula is C15H17NO5. The summed E-state index contributed by atoms with van der Waals surface area (Å²) < 4.78 is 10.5. The summed E-state index contributed by atoms with van der Waals surface area (Å²) in [7, 11) is 0. The molecule has 0 unspecified atom stereocenters. The third kappa shape index (κ3) is 3.16. The smallest absolute Gasteiger partial charge is 0.478 e. The van der Waals surface area contributed by atoms with Crippen molar-refractivity contribution in [2.45, 2.75) is 18.9 Å². The molecule has 0 radical (unpaired) electrons. The molecule has 6 heteroatoms. The van der Waals surface area contributed by atoms with E-state index in [0.717, 1.165) is 32.5 Å². The molecule has 0 spiro atoms. The van der Waals surface area contributed by atoms with Gasteiger partial charge in [0.2, 0.25) is 0 Å². The van der Waals surface area contributed by atoms with Crippen LogP contribution in [0.5, 0.6) is 5.75 Å². The highest BCUT2D eigenvalue weighted by molar-refractivity contribution is 5.87. The number of carboxylic acid groups (broad SMARTS) is 1. The van der Waals surface area contributed by atoms with Crippen LogP contribution in [0.1, 0.15) is 23.2 Å². The van der Waals surface area contributed by atoms with Gasteiger partial charge in [-0.05, 0) is 56.1 Å². The average molecular weight is 291 g/mol. The second-order valence-electron chi connectivity index (χ2n) is 5.48. The molecule has 3 fully saturated rings. The largest absolute Gasteiger partial charge is 0.514 e. The summed E-state index contributed by atoms with van der Waals surface area (Å²) in [4.78, 5) is 24.8. The molecule has 1 aromatic rings. The monoisotopic (exact) mass is 291 g/mol. The van der Waals surface area contributed by atoms with E-state index in [-0.39, 0.29) is 17.4 Å². The predicted molar refractivity (Wildman–Crippen MR) is 73.5 cm³/mol. The molecule has 6 nitrogen and oxygen atoms in total. The lowest BCUT2D eigenvalue weighted by molar-refractivity contribution is -0.0462. The van der Waals surface area contributed by atoms with Crippen LogP contribution in [0.15, 0.2) is 24.3 Å². The Morgan fingerprint density at radius 3 is 2.33 bits per heavy atom. The molecule has 21 heavy (non-hydrogen) atoms. The number of piperidine rings is 3. The maximum atomic E-state index is 11.8. The van der Waals surface area contributed by atoms with Gasteiger partial charge in [0.25, 0.3) is 0 Å². The third-order valence-electron chi connectivity index (χ3n) is 4.15. The number of rotatable bonds is 3. The molecule has 4 rings (SSSR count). The highest BCUT2D eigenvalue weighted by Gasteiger charge is 2.36. The number of carboxylic acids is 1. The van der Waals surface area contributed by atoms with Gasteiger partial charge in [-0.1, -0.05) is 0 Å². The second kappa shape index (κ2) is 5.73. The maximum Gasteiger partial charge on any atom is 0.514 e. The summed E-state index contributed by atoms with van der Waals surface area (Å²) in [6, 6.07) is 5.67. The van der Waals surface area contributed by atoms with Gasteiger partial charge in [0.15, 0.2) is 0 Å². The molecule has 3 aliphatic heterocycles. The predicted octanol–water partition coefficient (Wildman–Crippen LogP) is 1.99. The van der Waals surface area contributed by atoms with Gasteiger partial charge < -0.3 is 14.6 Å². The average Bonchev–Trinajstić information content (AvgIpc) is 2.49. The number of hydrogen-bond acceptors (Lipinski definition) is 5. The molecule has 112 valence electrons. The zero-order chi connectivity index (χ0) is 14.8. The van der Waals surface area contributed by atoms with Crippen molar-refractivity contribution in [2.24, 2.45) is 5.92 Å². The summed E-state index contributed by atoms with van der Waals surface area (Å²) >= 11 is 0. The van der Waals surface area contributed by atoms with E-state index in [4.69, 9.17) is 14.6 Å². The minimum absolute atomic E-state index is 0.0988. The van der Waals surface area contributed by atoms with Crippen molar-refractivity contribution >= 4 is 12.1 Å². The fourth-order valence-corrected chi connectivity index (χ4v) is 2.95. The van der Waals surface area contributed by atoms with Gasteiger partial charge >= 0.3 is 12.1 Å². The van der Waals surface area contributed by atoms with Gasteiger partial charge in [0.05, 0.1) is 5.56 Å². The standard InChI is InChI=1S/C15H17NO5/c17-14(18)11-1-3-12(4-2-11)20-15(19)21-13-9-16-7-5-10(13)6-8-16/h1-4,10,13H,5-9H2,(H,17,18)/t13-/m0/s1. The van der Waals surface area contributed by atoms with Crippen molar-refractivity contribution in [2.75, 3.05) is 19.6 Å². The van der Waals surface area contributed by atoms with Crippen molar-refractivity contribution in [3.05, 3.63) is 29.8 Å². The summed E-state index contributed by atoms with van der Waals surface area (Å²) in [5, 5.41) is 8.80. The van der Waals surface area contributed by atoms with E-state index in [0.29, 0.717) is 5.92 Å². The number of nitrogens with zero attached hydrogens (tertiary/aromatic N) is 1. The van der Waals surface area contributed by atoms with E-state index in [1.54, 1.807) is 0 Å². The molecule has 0 aromatic heterocycles. The van der Waals surface area contributed by atoms with Crippen molar-refractivity contribution in [1.29, 1.82) is 0 Å². The first-order valence-electron chi connectivity index (χ1n) is 7.06. The van der Waals surface area contributed by atoms with Crippen LogP contribution in [0, 0.1) is 5.92 Å². The van der Waals surface area contributed by atoms with Gasteiger partial charge in [-0.15, -0.1) is 0 Å². The van der Waals surface area contributed by atoms with E-state index in [2.05, 4.69) is 4.90 Å². The maximum absolute atomic E-state index is 11.8. The van der Waals surface area contributed by atoms with Crippen molar-refractivity contribution in [3.63, 3.8) is 0 Å². The van der Waals surface area contributed by atoms with Gasteiger partial charge in [0.1, 0.15) is 11.9 Å². The molecule has 0 saturated carbocycles. The quantitative estimate of drug-likeness (QED) is 0.678. The zero-order valence-electron chi connectivity index (χ0n) is 11.5. The van der Waals surface area contributed by atoms with Crippen molar-refractivity contribution in [1.82, 2.24) is 4.90 Å². The Labute approximate surface area is 122 Å². The number of ether oxygens (including phenoxy) is 2. The van der Waals surface area contributed by atoms with Crippen LogP contribution >= 0.6 is 0 Å². The first kappa shape index (κ1) is 13.9. The number of carbonyl (C=O) groups is 2. The van der Waals surface area contributed by atoms with E-state index in [1.807, 2.05) is 0 Å². The Bertz CT molecular complexity index is 533. The summed E-state index contributed by atoms with van der Waals surface area (Å²) in [6.07, 6.45) is 1.30. The van der Waals surface area contributed by atoms with Crippen LogP contribution in [-0.4, -0.2) is 47.9 Å². The summed E-state index contributed by atoms with van der Waals surface area (Å²) in [5.41, 5.74) is 0.146. The van der Waals surface area contributed by atoms with Crippen molar-refractivity contribution < 1.29 is 24.2 Å². The second-order valence-corrected chi connectivity index (χ2v) is 5.48. The Morgan fingerprint density at radius 1 is 1.14 bits per heavy atom. The van der Waals surface area contributed by atoms with Crippen LogP contribution in [0.4, 0.5) is 4.79 Å². The molecule has 1 aromatic carbocycles. The molecular weight excluding hydrogens is 274 g/mol. The zero-order valence-corrected chi connectivity index (χ0v) is 11.5. The first-order valence-corrected chi connectivity index (χ1v) is 7.06. The fourth-order valence-electron chi connectivity index (χ4n) is 2.95. The van der Waals surface area contributed by atoms with E-state index >= 15 is 0 Å². The Hall–Kier alpha value is -2.08. The van der Waals surface area contributed by atoms with Gasteiger partial charge in [-0.3, -0.25) is 4.90 Å². The van der Waals surface area contributed by atoms with E-state index in [9.17, 15) is 9.59 Å². The van der Waals surface area contributed by atoms with Gasteiger partial charge in [-0.25, -0.2) is 9.59 Å². The van der Waals surface area contributed by atoms with E-state index < -0.39 is 12.1 Å². The lowest BCUT2D eigenvalue weighted by atomic mass is 9.86. The molecule has 0 aliphatic carbocycles. The molecule has 1 N–H and O–H groups in total. The van der Waals surface area contributed by atoms with Crippen LogP contribution < -0.4 is 4.74 Å². The van der Waals surface area contributed by atoms with Crippen LogP contribution in [0.3, 0.4) is 0 Å². The first-order chi connectivity index (χ1) is 10.1. The Kier molecular flexibility index (Phi) is 3.79. The molecule has 0 amide bonds. The Morgan fingerprint density at radius 2 is 1.81 bits per heavy atom. The SMILES string of the molecule is O=C(Oc1ccc(C(=O)O)cc1)O[C@H]1CN2CCC1CC2. The highest BCUT2D eigenvalue weighted by atomic mass is 16.7. The van der Waals surface area contributed by atoms with Crippen molar-refractivity contribution in [3.8, 4) is 5.75 Å². The molecule has 3 heterocycles. The van der Waals surface area contributed by atoms with Gasteiger partial charge in [-0.2, -0.15) is 0 Å². The van der Waals surface area contributed by atoms with Crippen LogP contribution in [0.25, 0.3) is 0 Å². The molecule has 3 aliphatic rings. The van der Waals surface area contributed by atoms with E-state index in [1.165, 1.54) is 24.3 Å². The number of fused-ring (bicyclic) bond motifs is 3. The number of hydrogen-bond donors (Lipinski definition) is 1. The number of aromatic carboxylic acids is 1. The third-order valence-corrected chi connectivity index (χ3v) is 4.15. The number of carbonyl (C=O) groups excluding carboxylic acids is 1. The lowest BCUT2D eigenvalue weighted by Gasteiger charge is -2.43. The topological polar surface area (TPSA) is 76.1 Å². The minimum Gasteiger partial charge on any atom is -0.478 e. The Balaban J connectivity index is 1.55. The fraction of sp³-hybridized carbons (Fsp3) is 0.467. The van der Waals surface area contributed by atoms with Crippen LogP contribution in [0.2, 0.25) is 0 Å². The molecule has 3 saturated heterocycles. The van der Waals surface area contributed by atoms with Crippen LogP contribution in [-0.2, 0) is 4.74 Å². The normalized spacial score (nSPS) is 27.1. The summed E-state index contributed by atoms with van der Waals surface area (Å²) in [5.74, 6) is -0.306. The lowest BCUT2D eigenvalue weighted by Crippen LogP contribution is -2.52. The molecule has 1 atom stereocenters. The summed E-state index contributed by atoms with van der Waals surface area (Å²) in [6.45, 7) is 2.93. The molecule has 2 bridgehead atoms. The highest BCUT2D eigenvalue weighted by Crippen LogP contribution is 2.29. The number of benzene rings is 1. The minimum atomic E-state index is -1.02.